The zero-order valence-electron chi connectivity index (χ0n) is 11.9. The molecule has 1 amide bonds. The summed E-state index contributed by atoms with van der Waals surface area (Å²) < 4.78 is 0. The number of fused-ring (bicyclic) bond motifs is 1. The minimum absolute atomic E-state index is 0.0207. The number of aliphatic carboxylic acids is 1. The van der Waals surface area contributed by atoms with Crippen LogP contribution < -0.4 is 0 Å². The Bertz CT molecular complexity index is 696. The number of benzene rings is 1. The number of hydrogen-bond acceptors (Lipinski definition) is 2. The highest BCUT2D eigenvalue weighted by molar-refractivity contribution is 6.06. The van der Waals surface area contributed by atoms with Crippen LogP contribution in [0.3, 0.4) is 0 Å². The summed E-state index contributed by atoms with van der Waals surface area (Å²) in [7, 11) is 0. The molecule has 1 saturated heterocycles. The lowest BCUT2D eigenvalue weighted by atomic mass is 9.80. The number of amides is 1. The normalized spacial score (nSPS) is 17.9. The summed E-state index contributed by atoms with van der Waals surface area (Å²) in [5.74, 6) is -0.796. The summed E-state index contributed by atoms with van der Waals surface area (Å²) in [4.78, 5) is 28.8. The summed E-state index contributed by atoms with van der Waals surface area (Å²) in [5.41, 5.74) is 0.901. The second-order valence-electron chi connectivity index (χ2n) is 5.90. The third-order valence-electron chi connectivity index (χ3n) is 4.50. The zero-order valence-corrected chi connectivity index (χ0v) is 11.9. The van der Waals surface area contributed by atoms with Gasteiger partial charge in [0.1, 0.15) is 0 Å². The highest BCUT2D eigenvalue weighted by Gasteiger charge is 2.38. The zero-order chi connectivity index (χ0) is 15.0. The van der Waals surface area contributed by atoms with E-state index >= 15 is 0 Å². The van der Waals surface area contributed by atoms with Crippen LogP contribution in [0.4, 0.5) is 0 Å². The lowest BCUT2D eigenvalue weighted by molar-refractivity contribution is -0.150. The summed E-state index contributed by atoms with van der Waals surface area (Å²) in [6, 6.07) is 7.51. The first-order valence-electron chi connectivity index (χ1n) is 7.10. The Morgan fingerprint density at radius 3 is 2.62 bits per heavy atom. The second-order valence-corrected chi connectivity index (χ2v) is 5.90. The van der Waals surface area contributed by atoms with Gasteiger partial charge in [-0.2, -0.15) is 0 Å². The van der Waals surface area contributed by atoms with E-state index in [0.717, 1.165) is 10.9 Å². The van der Waals surface area contributed by atoms with E-state index in [1.807, 2.05) is 30.5 Å². The number of aromatic nitrogens is 1. The Morgan fingerprint density at radius 2 is 1.95 bits per heavy atom. The Morgan fingerprint density at radius 1 is 1.24 bits per heavy atom. The Labute approximate surface area is 122 Å². The minimum atomic E-state index is -0.776. The van der Waals surface area contributed by atoms with Gasteiger partial charge in [0.25, 0.3) is 5.91 Å². The van der Waals surface area contributed by atoms with Crippen molar-refractivity contribution >= 4 is 22.8 Å². The van der Waals surface area contributed by atoms with E-state index in [1.54, 1.807) is 11.8 Å². The second kappa shape index (κ2) is 4.91. The van der Waals surface area contributed by atoms with Crippen LogP contribution in [0.15, 0.2) is 30.5 Å². The van der Waals surface area contributed by atoms with Gasteiger partial charge in [0, 0.05) is 35.8 Å². The van der Waals surface area contributed by atoms with E-state index < -0.39 is 11.4 Å². The number of piperidine rings is 1. The number of carbonyl (C=O) groups excluding carboxylic acids is 1. The molecule has 0 spiro atoms. The fraction of sp³-hybridized carbons (Fsp3) is 0.375. The highest BCUT2D eigenvalue weighted by Crippen LogP contribution is 2.32. The first-order chi connectivity index (χ1) is 10.0. The van der Waals surface area contributed by atoms with Crippen molar-refractivity contribution in [2.24, 2.45) is 5.41 Å². The maximum absolute atomic E-state index is 12.7. The van der Waals surface area contributed by atoms with E-state index in [-0.39, 0.29) is 5.91 Å². The molecule has 0 aliphatic carbocycles. The number of aromatic amines is 1. The molecular formula is C16H18N2O3. The van der Waals surface area contributed by atoms with E-state index in [0.29, 0.717) is 31.5 Å². The summed E-state index contributed by atoms with van der Waals surface area (Å²) in [5, 5.41) is 10.2. The summed E-state index contributed by atoms with van der Waals surface area (Å²) in [6.07, 6.45) is 2.81. The standard InChI is InChI=1S/C16H18N2O3/c1-16(15(20)21)6-9-18(10-7-16)14(19)12-3-2-4-13-11(12)5-8-17-13/h2-5,8,17H,6-7,9-10H2,1H3,(H,20,21). The number of carboxylic acids is 1. The largest absolute Gasteiger partial charge is 0.481 e. The molecule has 1 aliphatic heterocycles. The highest BCUT2D eigenvalue weighted by atomic mass is 16.4. The van der Waals surface area contributed by atoms with Crippen LogP contribution in [0.5, 0.6) is 0 Å². The molecule has 2 N–H and O–H groups in total. The van der Waals surface area contributed by atoms with Gasteiger partial charge in [-0.15, -0.1) is 0 Å². The van der Waals surface area contributed by atoms with Crippen LogP contribution in [0.2, 0.25) is 0 Å². The van der Waals surface area contributed by atoms with Gasteiger partial charge in [0.2, 0.25) is 0 Å². The van der Waals surface area contributed by atoms with Gasteiger partial charge in [-0.3, -0.25) is 9.59 Å². The summed E-state index contributed by atoms with van der Waals surface area (Å²) >= 11 is 0. The number of likely N-dealkylation sites (tertiary alicyclic amines) is 1. The quantitative estimate of drug-likeness (QED) is 0.890. The molecule has 0 radical (unpaired) electrons. The van der Waals surface area contributed by atoms with E-state index in [2.05, 4.69) is 4.98 Å². The fourth-order valence-corrected chi connectivity index (χ4v) is 2.86. The molecule has 2 aromatic rings. The van der Waals surface area contributed by atoms with Gasteiger partial charge < -0.3 is 15.0 Å². The van der Waals surface area contributed by atoms with Crippen LogP contribution in [0, 0.1) is 5.41 Å². The number of rotatable bonds is 2. The molecule has 0 bridgehead atoms. The minimum Gasteiger partial charge on any atom is -0.481 e. The van der Waals surface area contributed by atoms with Crippen LogP contribution in [-0.4, -0.2) is 40.0 Å². The number of nitrogens with one attached hydrogen (secondary N) is 1. The molecule has 0 atom stereocenters. The van der Waals surface area contributed by atoms with Gasteiger partial charge in [0.05, 0.1) is 5.41 Å². The van der Waals surface area contributed by atoms with Crippen molar-refractivity contribution in [2.75, 3.05) is 13.1 Å². The van der Waals surface area contributed by atoms with Crippen LogP contribution in [-0.2, 0) is 4.79 Å². The van der Waals surface area contributed by atoms with Gasteiger partial charge in [0.15, 0.2) is 0 Å². The average molecular weight is 286 g/mol. The average Bonchev–Trinajstić information content (AvgIpc) is 2.95. The number of nitrogens with zero attached hydrogens (tertiary/aromatic N) is 1. The maximum atomic E-state index is 12.7. The third kappa shape index (κ3) is 2.28. The first-order valence-corrected chi connectivity index (χ1v) is 7.10. The number of hydrogen-bond donors (Lipinski definition) is 2. The topological polar surface area (TPSA) is 73.4 Å². The van der Waals surface area contributed by atoms with Crippen LogP contribution in [0.1, 0.15) is 30.1 Å². The van der Waals surface area contributed by atoms with Gasteiger partial charge in [-0.25, -0.2) is 0 Å². The van der Waals surface area contributed by atoms with Crippen molar-refractivity contribution in [1.29, 1.82) is 0 Å². The molecule has 1 aromatic heterocycles. The fourth-order valence-electron chi connectivity index (χ4n) is 2.86. The molecule has 0 unspecified atom stereocenters. The third-order valence-corrected chi connectivity index (χ3v) is 4.50. The first kappa shape index (κ1) is 13.7. The molecular weight excluding hydrogens is 268 g/mol. The number of carbonyl (C=O) groups is 2. The SMILES string of the molecule is CC1(C(=O)O)CCN(C(=O)c2cccc3[nH]ccc23)CC1. The van der Waals surface area contributed by atoms with Crippen molar-refractivity contribution in [3.63, 3.8) is 0 Å². The Balaban J connectivity index is 1.81. The molecule has 1 aliphatic rings. The van der Waals surface area contributed by atoms with Crippen LogP contribution >= 0.6 is 0 Å². The van der Waals surface area contributed by atoms with Gasteiger partial charge in [-0.05, 0) is 38.0 Å². The number of carboxylic acid groups (broad SMARTS) is 1. The molecule has 0 saturated carbocycles. The smallest absolute Gasteiger partial charge is 0.309 e. The van der Waals surface area contributed by atoms with E-state index in [1.165, 1.54) is 0 Å². The van der Waals surface area contributed by atoms with Crippen molar-refractivity contribution in [3.05, 3.63) is 36.0 Å². The molecule has 1 aromatic carbocycles. The molecule has 21 heavy (non-hydrogen) atoms. The van der Waals surface area contributed by atoms with E-state index in [9.17, 15) is 14.7 Å². The predicted octanol–water partition coefficient (Wildman–Crippen LogP) is 2.49. The van der Waals surface area contributed by atoms with Crippen LogP contribution in [0.25, 0.3) is 10.9 Å². The van der Waals surface area contributed by atoms with Crippen molar-refractivity contribution in [1.82, 2.24) is 9.88 Å². The Hall–Kier alpha value is -2.30. The predicted molar refractivity (Wildman–Crippen MR) is 79.2 cm³/mol. The molecule has 5 nitrogen and oxygen atoms in total. The van der Waals surface area contributed by atoms with Gasteiger partial charge >= 0.3 is 5.97 Å². The lowest BCUT2D eigenvalue weighted by Crippen LogP contribution is -2.45. The molecule has 5 heteroatoms. The van der Waals surface area contributed by atoms with Crippen molar-refractivity contribution in [2.45, 2.75) is 19.8 Å². The summed E-state index contributed by atoms with van der Waals surface area (Å²) in [6.45, 7) is 2.73. The monoisotopic (exact) mass is 286 g/mol. The van der Waals surface area contributed by atoms with Crippen molar-refractivity contribution < 1.29 is 14.7 Å². The number of H-pyrrole nitrogens is 1. The molecule has 3 rings (SSSR count). The van der Waals surface area contributed by atoms with Crippen molar-refractivity contribution in [3.8, 4) is 0 Å². The van der Waals surface area contributed by atoms with E-state index in [4.69, 9.17) is 0 Å². The van der Waals surface area contributed by atoms with Gasteiger partial charge in [-0.1, -0.05) is 6.07 Å². The molecule has 2 heterocycles. The Kier molecular flexibility index (Phi) is 3.20. The lowest BCUT2D eigenvalue weighted by Gasteiger charge is -2.36. The molecule has 110 valence electrons. The maximum Gasteiger partial charge on any atom is 0.309 e. The molecule has 1 fully saturated rings.